The van der Waals surface area contributed by atoms with Crippen LogP contribution in [0.2, 0.25) is 0 Å². The van der Waals surface area contributed by atoms with Crippen molar-refractivity contribution in [1.82, 2.24) is 19.3 Å². The summed E-state index contributed by atoms with van der Waals surface area (Å²) in [5.41, 5.74) is 4.00. The number of hydrogen-bond donors (Lipinski definition) is 1. The number of aryl methyl sites for hydroxylation is 2. The van der Waals surface area contributed by atoms with E-state index in [-0.39, 0.29) is 23.6 Å². The first-order valence-corrected chi connectivity index (χ1v) is 13.1. The highest BCUT2D eigenvalue weighted by Crippen LogP contribution is 2.41. The molecule has 0 saturated carbocycles. The van der Waals surface area contributed by atoms with Gasteiger partial charge in [-0.15, -0.1) is 0 Å². The second-order valence-corrected chi connectivity index (χ2v) is 10.3. The molecule has 1 N–H and O–H groups in total. The van der Waals surface area contributed by atoms with E-state index in [1.165, 1.54) is 4.90 Å². The van der Waals surface area contributed by atoms with Crippen LogP contribution in [0.1, 0.15) is 54.4 Å². The number of carbonyl (C=O) groups excluding carboxylic acids is 2. The lowest BCUT2D eigenvalue weighted by atomic mass is 9.96. The maximum atomic E-state index is 13.5. The number of benzene rings is 1. The van der Waals surface area contributed by atoms with Gasteiger partial charge in [-0.25, -0.2) is 4.98 Å². The van der Waals surface area contributed by atoms with Crippen LogP contribution in [0.4, 0.5) is 0 Å². The number of aromatic nitrogens is 3. The molecule has 1 fully saturated rings. The van der Waals surface area contributed by atoms with Gasteiger partial charge in [0.05, 0.1) is 23.9 Å². The smallest absolute Gasteiger partial charge is 0.295 e. The van der Waals surface area contributed by atoms with Crippen molar-refractivity contribution in [3.05, 3.63) is 101 Å². The maximum absolute atomic E-state index is 13.5. The minimum atomic E-state index is -0.829. The number of carbonyl (C=O) groups is 2. The van der Waals surface area contributed by atoms with Crippen LogP contribution in [-0.4, -0.2) is 42.7 Å². The van der Waals surface area contributed by atoms with Crippen molar-refractivity contribution in [3.63, 3.8) is 0 Å². The lowest BCUT2D eigenvalue weighted by Gasteiger charge is -2.25. The van der Waals surface area contributed by atoms with E-state index < -0.39 is 17.7 Å². The standard InChI is InChI=1S/C31H32N4O4/c1-19(2)12-15-39-24-11-5-10-23(16-24)27-25(29(37)31(38)35(27)18-22-9-6-13-32-17-22)28(36)26-21(4)34-14-7-8-20(3)30(34)33-26/h5-11,13-14,16-17,19,27,36H,12,15,18H2,1-4H3. The molecule has 4 aromatic rings. The molecule has 0 radical (unpaired) electrons. The molecule has 200 valence electrons. The quantitative estimate of drug-likeness (QED) is 0.189. The minimum absolute atomic E-state index is 0.00683. The predicted molar refractivity (Wildman–Crippen MR) is 148 cm³/mol. The molecule has 1 aromatic carbocycles. The Morgan fingerprint density at radius 3 is 2.64 bits per heavy atom. The van der Waals surface area contributed by atoms with Crippen molar-refractivity contribution in [2.75, 3.05) is 6.61 Å². The summed E-state index contributed by atoms with van der Waals surface area (Å²) in [5, 5.41) is 11.6. The number of fused-ring (bicyclic) bond motifs is 1. The highest BCUT2D eigenvalue weighted by molar-refractivity contribution is 6.46. The van der Waals surface area contributed by atoms with Crippen molar-refractivity contribution in [3.8, 4) is 5.75 Å². The Kier molecular flexibility index (Phi) is 7.19. The molecule has 0 bridgehead atoms. The van der Waals surface area contributed by atoms with Gasteiger partial charge in [0.15, 0.2) is 5.76 Å². The fraction of sp³-hybridized carbons (Fsp3) is 0.290. The van der Waals surface area contributed by atoms with Gasteiger partial charge in [-0.1, -0.05) is 38.1 Å². The summed E-state index contributed by atoms with van der Waals surface area (Å²) < 4.78 is 7.85. The Labute approximate surface area is 227 Å². The average Bonchev–Trinajstić information content (AvgIpc) is 3.39. The molecule has 1 amide bonds. The first kappa shape index (κ1) is 26.2. The molecule has 1 unspecified atom stereocenters. The molecule has 8 heteroatoms. The number of ether oxygens (including phenoxy) is 1. The Morgan fingerprint density at radius 2 is 1.92 bits per heavy atom. The van der Waals surface area contributed by atoms with Gasteiger partial charge < -0.3 is 19.1 Å². The third-order valence-electron chi connectivity index (χ3n) is 7.06. The van der Waals surface area contributed by atoms with Gasteiger partial charge in [-0.2, -0.15) is 0 Å². The lowest BCUT2D eigenvalue weighted by Crippen LogP contribution is -2.29. The molecule has 1 aliphatic rings. The fourth-order valence-corrected chi connectivity index (χ4v) is 4.94. The molecule has 5 rings (SSSR count). The van der Waals surface area contributed by atoms with E-state index in [1.807, 2.05) is 66.9 Å². The molecule has 1 atom stereocenters. The summed E-state index contributed by atoms with van der Waals surface area (Å²) in [5.74, 6) is -0.592. The van der Waals surface area contributed by atoms with Gasteiger partial charge in [-0.05, 0) is 67.1 Å². The Bertz CT molecular complexity index is 1570. The van der Waals surface area contributed by atoms with Crippen LogP contribution in [-0.2, 0) is 16.1 Å². The van der Waals surface area contributed by atoms with Gasteiger partial charge >= 0.3 is 0 Å². The molecule has 8 nitrogen and oxygen atoms in total. The van der Waals surface area contributed by atoms with E-state index >= 15 is 0 Å². The molecule has 0 aliphatic carbocycles. The Morgan fingerprint density at radius 1 is 1.10 bits per heavy atom. The van der Waals surface area contributed by atoms with Crippen molar-refractivity contribution < 1.29 is 19.4 Å². The van der Waals surface area contributed by atoms with Gasteiger partial charge in [0.25, 0.3) is 11.7 Å². The fourth-order valence-electron chi connectivity index (χ4n) is 4.94. The van der Waals surface area contributed by atoms with Gasteiger partial charge in [0, 0.05) is 25.1 Å². The van der Waals surface area contributed by atoms with Crippen LogP contribution in [0.3, 0.4) is 0 Å². The van der Waals surface area contributed by atoms with Gasteiger partial charge in [0.1, 0.15) is 17.1 Å². The molecular formula is C31H32N4O4. The first-order valence-electron chi connectivity index (χ1n) is 13.1. The highest BCUT2D eigenvalue weighted by Gasteiger charge is 2.46. The molecule has 3 aromatic heterocycles. The first-order chi connectivity index (χ1) is 18.8. The number of pyridine rings is 2. The van der Waals surface area contributed by atoms with Crippen molar-refractivity contribution in [2.24, 2.45) is 5.92 Å². The maximum Gasteiger partial charge on any atom is 0.295 e. The minimum Gasteiger partial charge on any atom is -0.505 e. The Balaban J connectivity index is 1.64. The van der Waals surface area contributed by atoms with E-state index in [4.69, 9.17) is 4.74 Å². The largest absolute Gasteiger partial charge is 0.505 e. The second-order valence-electron chi connectivity index (χ2n) is 10.3. The third-order valence-corrected chi connectivity index (χ3v) is 7.06. The van der Waals surface area contributed by atoms with Crippen LogP contribution in [0.5, 0.6) is 5.75 Å². The number of nitrogens with zero attached hydrogens (tertiary/aromatic N) is 4. The van der Waals surface area contributed by atoms with Crippen molar-refractivity contribution in [2.45, 2.75) is 46.7 Å². The van der Waals surface area contributed by atoms with Crippen LogP contribution in [0.15, 0.2) is 72.7 Å². The SMILES string of the molecule is Cc1cccn2c(C)c(C(O)=C3C(=O)C(=O)N(Cc4cccnc4)C3c3cccc(OCCC(C)C)c3)nc12. The van der Waals surface area contributed by atoms with E-state index in [0.29, 0.717) is 35.2 Å². The van der Waals surface area contributed by atoms with E-state index in [2.05, 4.69) is 23.8 Å². The molecule has 39 heavy (non-hydrogen) atoms. The molecule has 1 aliphatic heterocycles. The highest BCUT2D eigenvalue weighted by atomic mass is 16.5. The number of hydrogen-bond acceptors (Lipinski definition) is 6. The third kappa shape index (κ3) is 5.02. The zero-order valence-corrected chi connectivity index (χ0v) is 22.6. The summed E-state index contributed by atoms with van der Waals surface area (Å²) >= 11 is 0. The summed E-state index contributed by atoms with van der Waals surface area (Å²) in [7, 11) is 0. The number of amides is 1. The summed E-state index contributed by atoms with van der Waals surface area (Å²) in [6, 6.07) is 14.0. The number of aliphatic hydroxyl groups is 1. The zero-order valence-electron chi connectivity index (χ0n) is 22.6. The lowest BCUT2D eigenvalue weighted by molar-refractivity contribution is -0.140. The summed E-state index contributed by atoms with van der Waals surface area (Å²) in [6.07, 6.45) is 6.08. The number of aliphatic hydroxyl groups excluding tert-OH is 1. The van der Waals surface area contributed by atoms with E-state index in [0.717, 1.165) is 17.5 Å². The van der Waals surface area contributed by atoms with Crippen molar-refractivity contribution in [1.29, 1.82) is 0 Å². The summed E-state index contributed by atoms with van der Waals surface area (Å²) in [6.45, 7) is 8.74. The van der Waals surface area contributed by atoms with Crippen molar-refractivity contribution >= 4 is 23.1 Å². The van der Waals surface area contributed by atoms with Crippen LogP contribution < -0.4 is 4.74 Å². The van der Waals surface area contributed by atoms with Gasteiger partial charge in [-0.3, -0.25) is 14.6 Å². The number of ketones is 1. The van der Waals surface area contributed by atoms with E-state index in [1.54, 1.807) is 18.5 Å². The predicted octanol–water partition coefficient (Wildman–Crippen LogP) is 5.39. The topological polar surface area (TPSA) is 97.0 Å². The Hall–Kier alpha value is -4.46. The zero-order chi connectivity index (χ0) is 27.7. The normalized spacial score (nSPS) is 16.9. The molecule has 4 heterocycles. The summed E-state index contributed by atoms with van der Waals surface area (Å²) in [4.78, 5) is 37.3. The number of rotatable bonds is 8. The average molecular weight is 525 g/mol. The second kappa shape index (κ2) is 10.7. The number of imidazole rings is 1. The number of Topliss-reactive ketones (excluding diaryl/α,β-unsaturated/α-hetero) is 1. The molecule has 0 spiro atoms. The van der Waals surface area contributed by atoms with Gasteiger partial charge in [0.2, 0.25) is 0 Å². The number of likely N-dealkylation sites (tertiary alicyclic amines) is 1. The molecule has 1 saturated heterocycles. The van der Waals surface area contributed by atoms with E-state index in [9.17, 15) is 14.7 Å². The molecular weight excluding hydrogens is 492 g/mol. The van der Waals surface area contributed by atoms with Crippen LogP contribution in [0, 0.1) is 19.8 Å². The van der Waals surface area contributed by atoms with Crippen LogP contribution in [0.25, 0.3) is 11.4 Å². The monoisotopic (exact) mass is 524 g/mol. The van der Waals surface area contributed by atoms with Crippen LogP contribution >= 0.6 is 0 Å².